The first kappa shape index (κ1) is 11.8. The molecular formula is C13H12O3S. The molecule has 0 radical (unpaired) electrons. The third-order valence-electron chi connectivity index (χ3n) is 2.62. The summed E-state index contributed by atoms with van der Waals surface area (Å²) in [5.41, 5.74) is 0.721. The summed E-state index contributed by atoms with van der Waals surface area (Å²) in [6.45, 7) is 0. The molecule has 3 nitrogen and oxygen atoms in total. The van der Waals surface area contributed by atoms with Gasteiger partial charge < -0.3 is 9.84 Å². The quantitative estimate of drug-likeness (QED) is 0.821. The fourth-order valence-electron chi connectivity index (χ4n) is 1.77. The van der Waals surface area contributed by atoms with Gasteiger partial charge in [0, 0.05) is 4.90 Å². The number of carbonyl (C=O) groups is 1. The fourth-order valence-corrected chi connectivity index (χ4v) is 2.13. The molecule has 0 atom stereocenters. The topological polar surface area (TPSA) is 46.5 Å². The number of thiol groups is 1. The molecule has 0 aliphatic rings. The van der Waals surface area contributed by atoms with Crippen molar-refractivity contribution in [1.82, 2.24) is 0 Å². The summed E-state index contributed by atoms with van der Waals surface area (Å²) in [5.74, 6) is -0.0793. The Bertz CT molecular complexity index is 578. The van der Waals surface area contributed by atoms with Gasteiger partial charge in [-0.2, -0.15) is 0 Å². The van der Waals surface area contributed by atoms with Crippen LogP contribution in [0.5, 0.6) is 5.75 Å². The highest BCUT2D eigenvalue weighted by molar-refractivity contribution is 7.80. The van der Waals surface area contributed by atoms with E-state index >= 15 is 0 Å². The predicted octanol–water partition coefficient (Wildman–Crippen LogP) is 2.76. The molecule has 88 valence electrons. The number of aliphatic carboxylic acids is 1. The number of fused-ring (bicyclic) bond motifs is 1. The molecule has 2 aromatic carbocycles. The number of carboxylic acids is 1. The predicted molar refractivity (Wildman–Crippen MR) is 69.1 cm³/mol. The van der Waals surface area contributed by atoms with E-state index in [0.29, 0.717) is 4.90 Å². The van der Waals surface area contributed by atoms with Crippen LogP contribution in [0.15, 0.2) is 35.2 Å². The first-order valence-electron chi connectivity index (χ1n) is 5.12. The zero-order valence-corrected chi connectivity index (χ0v) is 10.2. The van der Waals surface area contributed by atoms with Crippen LogP contribution in [0.1, 0.15) is 5.56 Å². The van der Waals surface area contributed by atoms with Crippen LogP contribution in [-0.2, 0) is 11.2 Å². The molecule has 0 saturated carbocycles. The van der Waals surface area contributed by atoms with Crippen molar-refractivity contribution in [2.24, 2.45) is 0 Å². The fraction of sp³-hybridized carbons (Fsp3) is 0.154. The summed E-state index contributed by atoms with van der Waals surface area (Å²) in [6, 6.07) is 9.31. The van der Waals surface area contributed by atoms with E-state index in [1.807, 2.05) is 24.3 Å². The lowest BCUT2D eigenvalue weighted by molar-refractivity contribution is -0.136. The summed E-state index contributed by atoms with van der Waals surface area (Å²) in [4.78, 5) is 11.4. The highest BCUT2D eigenvalue weighted by Crippen LogP contribution is 2.29. The average molecular weight is 248 g/mol. The molecule has 0 aliphatic heterocycles. The second kappa shape index (κ2) is 4.67. The number of rotatable bonds is 3. The minimum absolute atomic E-state index is 0.0131. The lowest BCUT2D eigenvalue weighted by atomic mass is 10.0. The maximum atomic E-state index is 10.7. The van der Waals surface area contributed by atoms with E-state index in [0.717, 1.165) is 22.1 Å². The summed E-state index contributed by atoms with van der Waals surface area (Å²) in [7, 11) is 1.61. The third kappa shape index (κ3) is 2.36. The molecule has 0 aromatic heterocycles. The Labute approximate surface area is 104 Å². The molecule has 2 aromatic rings. The van der Waals surface area contributed by atoms with Crippen LogP contribution in [-0.4, -0.2) is 18.2 Å². The molecule has 0 heterocycles. The summed E-state index contributed by atoms with van der Waals surface area (Å²) in [5, 5.41) is 10.7. The molecule has 0 bridgehead atoms. The van der Waals surface area contributed by atoms with E-state index < -0.39 is 5.97 Å². The van der Waals surface area contributed by atoms with Gasteiger partial charge in [0.05, 0.1) is 13.5 Å². The van der Waals surface area contributed by atoms with Crippen molar-refractivity contribution >= 4 is 29.4 Å². The average Bonchev–Trinajstić information content (AvgIpc) is 2.32. The molecule has 0 fully saturated rings. The van der Waals surface area contributed by atoms with E-state index in [-0.39, 0.29) is 6.42 Å². The van der Waals surface area contributed by atoms with Gasteiger partial charge in [-0.05, 0) is 34.5 Å². The maximum Gasteiger partial charge on any atom is 0.307 e. The molecule has 4 heteroatoms. The van der Waals surface area contributed by atoms with E-state index in [1.165, 1.54) is 0 Å². The van der Waals surface area contributed by atoms with Gasteiger partial charge in [-0.15, -0.1) is 12.6 Å². The van der Waals surface area contributed by atoms with Crippen molar-refractivity contribution in [3.05, 3.63) is 35.9 Å². The molecular weight excluding hydrogens is 236 g/mol. The number of methoxy groups -OCH3 is 1. The summed E-state index contributed by atoms with van der Waals surface area (Å²) < 4.78 is 5.14. The van der Waals surface area contributed by atoms with Gasteiger partial charge in [-0.25, -0.2) is 0 Å². The largest absolute Gasteiger partial charge is 0.497 e. The molecule has 0 unspecified atom stereocenters. The van der Waals surface area contributed by atoms with Gasteiger partial charge in [-0.3, -0.25) is 4.79 Å². The van der Waals surface area contributed by atoms with Crippen molar-refractivity contribution in [2.45, 2.75) is 11.3 Å². The first-order chi connectivity index (χ1) is 8.11. The van der Waals surface area contributed by atoms with Crippen molar-refractivity contribution < 1.29 is 14.6 Å². The van der Waals surface area contributed by atoms with Crippen LogP contribution in [0.2, 0.25) is 0 Å². The van der Waals surface area contributed by atoms with Gasteiger partial charge in [-0.1, -0.05) is 12.1 Å². The van der Waals surface area contributed by atoms with Crippen LogP contribution in [0.3, 0.4) is 0 Å². The number of hydrogen-bond acceptors (Lipinski definition) is 3. The number of benzene rings is 2. The smallest absolute Gasteiger partial charge is 0.307 e. The van der Waals surface area contributed by atoms with Gasteiger partial charge in [0.1, 0.15) is 5.75 Å². The lowest BCUT2D eigenvalue weighted by Crippen LogP contribution is -2.01. The molecule has 1 N–H and O–H groups in total. The van der Waals surface area contributed by atoms with Crippen LogP contribution in [0, 0.1) is 0 Å². The van der Waals surface area contributed by atoms with E-state index in [9.17, 15) is 4.79 Å². The van der Waals surface area contributed by atoms with E-state index in [4.69, 9.17) is 9.84 Å². The van der Waals surface area contributed by atoms with Gasteiger partial charge in [0.2, 0.25) is 0 Å². The van der Waals surface area contributed by atoms with E-state index in [2.05, 4.69) is 12.6 Å². The molecule has 0 saturated heterocycles. The lowest BCUT2D eigenvalue weighted by Gasteiger charge is -2.08. The molecule has 17 heavy (non-hydrogen) atoms. The summed E-state index contributed by atoms with van der Waals surface area (Å²) in [6.07, 6.45) is -0.0131. The van der Waals surface area contributed by atoms with Gasteiger partial charge in [0.25, 0.3) is 0 Å². The standard InChI is InChI=1S/C13H12O3S/c1-16-10-4-5-11-8(6-10)2-3-9(13(11)17)7-12(14)15/h2-6,17H,7H2,1H3,(H,14,15). The zero-order valence-electron chi connectivity index (χ0n) is 9.30. The highest BCUT2D eigenvalue weighted by Gasteiger charge is 2.08. The van der Waals surface area contributed by atoms with Gasteiger partial charge in [0.15, 0.2) is 0 Å². The van der Waals surface area contributed by atoms with Crippen molar-refractivity contribution in [1.29, 1.82) is 0 Å². The Balaban J connectivity index is 2.56. The van der Waals surface area contributed by atoms with Crippen LogP contribution < -0.4 is 4.74 Å². The third-order valence-corrected chi connectivity index (χ3v) is 3.15. The molecule has 0 amide bonds. The van der Waals surface area contributed by atoms with Crippen LogP contribution >= 0.6 is 12.6 Å². The number of ether oxygens (including phenoxy) is 1. The van der Waals surface area contributed by atoms with Crippen molar-refractivity contribution in [3.63, 3.8) is 0 Å². The SMILES string of the molecule is COc1ccc2c(S)c(CC(=O)O)ccc2c1. The highest BCUT2D eigenvalue weighted by atomic mass is 32.1. The molecule has 0 aliphatic carbocycles. The minimum Gasteiger partial charge on any atom is -0.497 e. The number of hydrogen-bond donors (Lipinski definition) is 2. The summed E-state index contributed by atoms with van der Waals surface area (Å²) >= 11 is 4.40. The number of carboxylic acid groups (broad SMARTS) is 1. The monoisotopic (exact) mass is 248 g/mol. The minimum atomic E-state index is -0.854. The van der Waals surface area contributed by atoms with E-state index in [1.54, 1.807) is 13.2 Å². The van der Waals surface area contributed by atoms with Crippen LogP contribution in [0.4, 0.5) is 0 Å². The Morgan fingerprint density at radius 3 is 2.76 bits per heavy atom. The van der Waals surface area contributed by atoms with Gasteiger partial charge >= 0.3 is 5.97 Å². The zero-order chi connectivity index (χ0) is 12.4. The van der Waals surface area contributed by atoms with Crippen molar-refractivity contribution in [2.75, 3.05) is 7.11 Å². The Morgan fingerprint density at radius 2 is 2.12 bits per heavy atom. The second-order valence-electron chi connectivity index (χ2n) is 3.73. The maximum absolute atomic E-state index is 10.7. The normalized spacial score (nSPS) is 10.5. The first-order valence-corrected chi connectivity index (χ1v) is 5.57. The molecule has 2 rings (SSSR count). The van der Waals surface area contributed by atoms with Crippen molar-refractivity contribution in [3.8, 4) is 5.75 Å². The second-order valence-corrected chi connectivity index (χ2v) is 4.18. The van der Waals surface area contributed by atoms with Crippen LogP contribution in [0.25, 0.3) is 10.8 Å². The molecule has 0 spiro atoms. The Morgan fingerprint density at radius 1 is 1.35 bits per heavy atom. The Hall–Kier alpha value is -1.68. The Kier molecular flexibility index (Phi) is 3.24.